The topological polar surface area (TPSA) is 50.4 Å². The summed E-state index contributed by atoms with van der Waals surface area (Å²) in [5.41, 5.74) is 0. The zero-order chi connectivity index (χ0) is 13.9. The van der Waals surface area contributed by atoms with Crippen molar-refractivity contribution >= 4 is 5.91 Å². The quantitative estimate of drug-likeness (QED) is 0.524. The number of ether oxygens (including phenoxy) is 1. The van der Waals surface area contributed by atoms with Crippen LogP contribution in [-0.4, -0.2) is 38.8 Å². The standard InChI is InChI=1S/C15H30N2O2/c1-3-5-13-6-4-7-14(9-8-13)17-12-15(18)16-10-11-19-2/h13-14,17H,3-12H2,1-2H3,(H,16,18). The number of amides is 1. The van der Waals surface area contributed by atoms with Crippen LogP contribution in [-0.2, 0) is 9.53 Å². The molecule has 1 aliphatic rings. The highest BCUT2D eigenvalue weighted by molar-refractivity contribution is 5.77. The molecule has 1 saturated carbocycles. The van der Waals surface area contributed by atoms with Gasteiger partial charge in [-0.1, -0.05) is 32.6 Å². The minimum Gasteiger partial charge on any atom is -0.383 e. The van der Waals surface area contributed by atoms with Gasteiger partial charge in [-0.25, -0.2) is 0 Å². The Bertz CT molecular complexity index is 246. The second kappa shape index (κ2) is 10.2. The lowest BCUT2D eigenvalue weighted by molar-refractivity contribution is -0.120. The summed E-state index contributed by atoms with van der Waals surface area (Å²) in [6, 6.07) is 0.523. The summed E-state index contributed by atoms with van der Waals surface area (Å²) in [7, 11) is 1.64. The first-order chi connectivity index (χ1) is 9.26. The SMILES string of the molecule is CCCC1CCCC(NCC(=O)NCCOC)CC1. The molecule has 0 bridgehead atoms. The number of methoxy groups -OCH3 is 1. The van der Waals surface area contributed by atoms with Gasteiger partial charge in [0.25, 0.3) is 0 Å². The summed E-state index contributed by atoms with van der Waals surface area (Å²) in [4.78, 5) is 11.6. The Morgan fingerprint density at radius 2 is 2.11 bits per heavy atom. The number of hydrogen-bond acceptors (Lipinski definition) is 3. The molecular formula is C15H30N2O2. The van der Waals surface area contributed by atoms with Crippen molar-refractivity contribution in [1.29, 1.82) is 0 Å². The molecule has 0 radical (unpaired) electrons. The summed E-state index contributed by atoms with van der Waals surface area (Å²) in [6.07, 6.45) is 9.08. The second-order valence-corrected chi connectivity index (χ2v) is 5.58. The van der Waals surface area contributed by atoms with Crippen molar-refractivity contribution in [2.24, 2.45) is 5.92 Å². The molecule has 4 nitrogen and oxygen atoms in total. The van der Waals surface area contributed by atoms with Crippen molar-refractivity contribution in [1.82, 2.24) is 10.6 Å². The van der Waals surface area contributed by atoms with E-state index in [2.05, 4.69) is 17.6 Å². The first-order valence-electron chi connectivity index (χ1n) is 7.75. The van der Waals surface area contributed by atoms with Crippen molar-refractivity contribution in [3.8, 4) is 0 Å². The molecule has 2 atom stereocenters. The second-order valence-electron chi connectivity index (χ2n) is 5.58. The highest BCUT2D eigenvalue weighted by Gasteiger charge is 2.18. The third kappa shape index (κ3) is 7.53. The van der Waals surface area contributed by atoms with Crippen molar-refractivity contribution in [3.05, 3.63) is 0 Å². The Hall–Kier alpha value is -0.610. The maximum atomic E-state index is 11.6. The van der Waals surface area contributed by atoms with E-state index in [1.54, 1.807) is 7.11 Å². The summed E-state index contributed by atoms with van der Waals surface area (Å²) < 4.78 is 4.90. The maximum absolute atomic E-state index is 11.6. The number of nitrogens with one attached hydrogen (secondary N) is 2. The van der Waals surface area contributed by atoms with Crippen LogP contribution in [0.2, 0.25) is 0 Å². The van der Waals surface area contributed by atoms with Crippen molar-refractivity contribution < 1.29 is 9.53 Å². The minimum atomic E-state index is 0.0754. The fraction of sp³-hybridized carbons (Fsp3) is 0.933. The maximum Gasteiger partial charge on any atom is 0.234 e. The van der Waals surface area contributed by atoms with Gasteiger partial charge >= 0.3 is 0 Å². The predicted molar refractivity (Wildman–Crippen MR) is 78.2 cm³/mol. The van der Waals surface area contributed by atoms with Gasteiger partial charge in [0, 0.05) is 19.7 Å². The Morgan fingerprint density at radius 1 is 1.26 bits per heavy atom. The van der Waals surface area contributed by atoms with Crippen LogP contribution in [0, 0.1) is 5.92 Å². The van der Waals surface area contributed by atoms with Crippen LogP contribution in [0.25, 0.3) is 0 Å². The molecule has 0 heterocycles. The van der Waals surface area contributed by atoms with Crippen LogP contribution in [0.5, 0.6) is 0 Å². The molecule has 0 aromatic rings. The van der Waals surface area contributed by atoms with E-state index in [1.165, 1.54) is 44.9 Å². The summed E-state index contributed by atoms with van der Waals surface area (Å²) in [5.74, 6) is 0.985. The fourth-order valence-corrected chi connectivity index (χ4v) is 2.87. The van der Waals surface area contributed by atoms with E-state index in [9.17, 15) is 4.79 Å². The molecule has 1 amide bonds. The normalized spacial score (nSPS) is 23.9. The number of carbonyl (C=O) groups excluding carboxylic acids is 1. The summed E-state index contributed by atoms with van der Waals surface area (Å²) >= 11 is 0. The average molecular weight is 270 g/mol. The van der Waals surface area contributed by atoms with Gasteiger partial charge in [-0.2, -0.15) is 0 Å². The number of carbonyl (C=O) groups is 1. The Kier molecular flexibility index (Phi) is 8.84. The van der Waals surface area contributed by atoms with E-state index in [0.29, 0.717) is 25.7 Å². The molecule has 112 valence electrons. The molecule has 1 fully saturated rings. The first-order valence-corrected chi connectivity index (χ1v) is 7.75. The minimum absolute atomic E-state index is 0.0754. The molecule has 0 spiro atoms. The van der Waals surface area contributed by atoms with Crippen LogP contribution in [0.1, 0.15) is 51.9 Å². The van der Waals surface area contributed by atoms with Gasteiger partial charge in [0.1, 0.15) is 0 Å². The van der Waals surface area contributed by atoms with E-state index >= 15 is 0 Å². The molecular weight excluding hydrogens is 240 g/mol. The summed E-state index contributed by atoms with van der Waals surface area (Å²) in [6.45, 7) is 3.88. The lowest BCUT2D eigenvalue weighted by Gasteiger charge is -2.16. The Balaban J connectivity index is 2.13. The van der Waals surface area contributed by atoms with E-state index in [4.69, 9.17) is 4.74 Å². The molecule has 2 N–H and O–H groups in total. The molecule has 19 heavy (non-hydrogen) atoms. The van der Waals surface area contributed by atoms with Crippen LogP contribution in [0.4, 0.5) is 0 Å². The molecule has 1 rings (SSSR count). The van der Waals surface area contributed by atoms with Crippen LogP contribution >= 0.6 is 0 Å². The average Bonchev–Trinajstić information content (AvgIpc) is 2.63. The third-order valence-electron chi connectivity index (χ3n) is 3.96. The Labute approximate surface area is 117 Å². The molecule has 1 aliphatic carbocycles. The number of hydrogen-bond donors (Lipinski definition) is 2. The highest BCUT2D eigenvalue weighted by Crippen LogP contribution is 2.26. The lowest BCUT2D eigenvalue weighted by Crippen LogP contribution is -2.40. The summed E-state index contributed by atoms with van der Waals surface area (Å²) in [5, 5.41) is 6.24. The largest absolute Gasteiger partial charge is 0.383 e. The number of rotatable bonds is 8. The van der Waals surface area contributed by atoms with Gasteiger partial charge in [-0.15, -0.1) is 0 Å². The van der Waals surface area contributed by atoms with Crippen LogP contribution in [0.15, 0.2) is 0 Å². The molecule has 0 saturated heterocycles. The highest BCUT2D eigenvalue weighted by atomic mass is 16.5. The third-order valence-corrected chi connectivity index (χ3v) is 3.96. The van der Waals surface area contributed by atoms with Gasteiger partial charge in [-0.3, -0.25) is 4.79 Å². The smallest absolute Gasteiger partial charge is 0.234 e. The van der Waals surface area contributed by atoms with E-state index in [-0.39, 0.29) is 5.91 Å². The molecule has 4 heteroatoms. The molecule has 0 aromatic heterocycles. The van der Waals surface area contributed by atoms with E-state index < -0.39 is 0 Å². The lowest BCUT2D eigenvalue weighted by atomic mass is 9.95. The van der Waals surface area contributed by atoms with Crippen LogP contribution in [0.3, 0.4) is 0 Å². The van der Waals surface area contributed by atoms with Crippen molar-refractivity contribution in [2.45, 2.75) is 57.9 Å². The van der Waals surface area contributed by atoms with Crippen LogP contribution < -0.4 is 10.6 Å². The predicted octanol–water partition coefficient (Wildman–Crippen LogP) is 2.09. The zero-order valence-corrected chi connectivity index (χ0v) is 12.5. The Morgan fingerprint density at radius 3 is 2.84 bits per heavy atom. The van der Waals surface area contributed by atoms with E-state index in [1.807, 2.05) is 0 Å². The first kappa shape index (κ1) is 16.4. The van der Waals surface area contributed by atoms with Gasteiger partial charge < -0.3 is 15.4 Å². The van der Waals surface area contributed by atoms with Crippen molar-refractivity contribution in [2.75, 3.05) is 26.8 Å². The monoisotopic (exact) mass is 270 g/mol. The van der Waals surface area contributed by atoms with Gasteiger partial charge in [0.2, 0.25) is 5.91 Å². The molecule has 2 unspecified atom stereocenters. The molecule has 0 aliphatic heterocycles. The van der Waals surface area contributed by atoms with Gasteiger partial charge in [0.15, 0.2) is 0 Å². The van der Waals surface area contributed by atoms with Gasteiger partial charge in [0.05, 0.1) is 13.2 Å². The van der Waals surface area contributed by atoms with Crippen molar-refractivity contribution in [3.63, 3.8) is 0 Å². The van der Waals surface area contributed by atoms with Gasteiger partial charge in [-0.05, 0) is 25.2 Å². The zero-order valence-electron chi connectivity index (χ0n) is 12.5. The van der Waals surface area contributed by atoms with E-state index in [0.717, 1.165) is 5.92 Å². The fourth-order valence-electron chi connectivity index (χ4n) is 2.87. The molecule has 0 aromatic carbocycles.